The van der Waals surface area contributed by atoms with Crippen LogP contribution >= 0.6 is 0 Å². The zero-order valence-corrected chi connectivity index (χ0v) is 12.1. The Bertz CT molecular complexity index is 206. The maximum Gasteiger partial charge on any atom is 0.0215 e. The van der Waals surface area contributed by atoms with E-state index in [0.29, 0.717) is 5.56 Å². The number of hydrogen-bond acceptors (Lipinski definition) is 1. The summed E-state index contributed by atoms with van der Waals surface area (Å²) in [6, 6.07) is 8.99. The Labute approximate surface area is 54.3 Å². The summed E-state index contributed by atoms with van der Waals surface area (Å²) in [6.07, 6.45) is 0. The molecule has 0 N–H and O–H groups in total. The average Bonchev–Trinajstić information content (AvgIpc) is 1.90. The van der Waals surface area contributed by atoms with Crippen molar-refractivity contribution in [2.75, 3.05) is 0 Å². The third-order valence-electron chi connectivity index (χ3n) is 1.10. The molecule has 1 aromatic rings. The number of carbonyl (C=O) groups excluding carboxylic acids is 1. The van der Waals surface area contributed by atoms with Crippen LogP contribution in [0.2, 0.25) is 0 Å². The minimum atomic E-state index is -0.129. The van der Waals surface area contributed by atoms with E-state index in [1.54, 1.807) is 12.1 Å². The van der Waals surface area contributed by atoms with E-state index in [0.717, 1.165) is 0 Å². The van der Waals surface area contributed by atoms with Crippen LogP contribution in [0.4, 0.5) is 0 Å². The van der Waals surface area contributed by atoms with Gasteiger partial charge in [0.1, 0.15) is 0 Å². The molecule has 0 saturated carbocycles. The van der Waals surface area contributed by atoms with Crippen molar-refractivity contribution >= 4 is 5.78 Å². The van der Waals surface area contributed by atoms with Crippen molar-refractivity contribution in [3.63, 3.8) is 0 Å². The van der Waals surface area contributed by atoms with E-state index in [9.17, 15) is 4.79 Å². The average molecular weight is 386 g/mol. The van der Waals surface area contributed by atoms with Gasteiger partial charge in [0.2, 0.25) is 0 Å². The molecule has 1 aromatic carbocycles. The third kappa shape index (κ3) is 1.37. The van der Waals surface area contributed by atoms with Crippen LogP contribution < -0.4 is 0 Å². The fraction of sp³-hybridized carbons (Fsp3) is 0. The first kappa shape index (κ1) is 7.76. The van der Waals surface area contributed by atoms with Gasteiger partial charge in [0, 0.05) is 5.78 Å². The van der Waals surface area contributed by atoms with Crippen LogP contribution in [0, 0.1) is 6.92 Å². The number of ketones is 1. The maximum absolute atomic E-state index is 10.5. The molecule has 0 atom stereocenters. The van der Waals surface area contributed by atoms with Crippen LogP contribution in [0.5, 0.6) is 0 Å². The largest absolute Gasteiger partial charge is 0.332 e. The van der Waals surface area contributed by atoms with Crippen molar-refractivity contribution in [2.45, 2.75) is 0 Å². The van der Waals surface area contributed by atoms with Crippen molar-refractivity contribution in [2.24, 2.45) is 0 Å². The number of carbonyl (C=O) groups is 1. The molecule has 2 heteroatoms. The van der Waals surface area contributed by atoms with E-state index in [4.69, 9.17) is 0 Å². The van der Waals surface area contributed by atoms with Crippen molar-refractivity contribution in [3.8, 4) is 0 Å². The zero-order valence-electron chi connectivity index (χ0n) is 5.71. The molecule has 0 aliphatic heterocycles. The molecule has 0 spiro atoms. The second-order valence-corrected chi connectivity index (χ2v) is 1.79. The molecule has 0 heterocycles. The predicted molar refractivity (Wildman–Crippen MR) is 36.1 cm³/mol. The molecule has 0 aliphatic carbocycles. The van der Waals surface area contributed by atoms with E-state index < -0.39 is 0 Å². The summed E-state index contributed by atoms with van der Waals surface area (Å²) in [7, 11) is 0. The van der Waals surface area contributed by atoms with Gasteiger partial charge >= 0.3 is 0 Å². The number of Topliss-reactive ketones (excluding diaryl/α,β-unsaturated/α-hetero) is 1. The van der Waals surface area contributed by atoms with E-state index in [1.807, 2.05) is 18.2 Å². The van der Waals surface area contributed by atoms with E-state index in [1.165, 1.54) is 0 Å². The maximum atomic E-state index is 10.5. The summed E-state index contributed by atoms with van der Waals surface area (Å²) in [5.74, 6) is -0.129. The van der Waals surface area contributed by atoms with Crippen molar-refractivity contribution in [1.29, 1.82) is 0 Å². The molecule has 0 amide bonds. The molecule has 0 fully saturated rings. The Balaban J connectivity index is 0.000000810. The predicted octanol–water partition coefficient (Wildman–Crippen LogP) is 1.70. The molecule has 0 aliphatic rings. The van der Waals surface area contributed by atoms with Crippen LogP contribution in [0.25, 0.3) is 0 Å². The first-order valence-corrected chi connectivity index (χ1v) is 2.72. The monoisotopic (exact) mass is 386 g/mol. The second kappa shape index (κ2) is 2.92. The summed E-state index contributed by atoms with van der Waals surface area (Å²) < 4.78 is 0. The van der Waals surface area contributed by atoms with Gasteiger partial charge in [0.05, 0.1) is 0 Å². The second-order valence-electron chi connectivity index (χ2n) is 1.79. The molecule has 0 unspecified atom stereocenters. The Morgan fingerprint density at radius 2 is 1.70 bits per heavy atom. The molecule has 1 nitrogen and oxygen atoms in total. The summed E-state index contributed by atoms with van der Waals surface area (Å²) in [5.41, 5.74) is 0.664. The van der Waals surface area contributed by atoms with Crippen molar-refractivity contribution in [1.82, 2.24) is 0 Å². The van der Waals surface area contributed by atoms with Gasteiger partial charge in [0.25, 0.3) is 0 Å². The molecule has 48 valence electrons. The Morgan fingerprint density at radius 1 is 1.20 bits per heavy atom. The summed E-state index contributed by atoms with van der Waals surface area (Å²) in [5, 5.41) is 0. The molecular weight excluding hydrogens is 379 g/mol. The van der Waals surface area contributed by atoms with E-state index >= 15 is 0 Å². The Kier molecular flexibility index (Phi) is 2.27. The van der Waals surface area contributed by atoms with Gasteiger partial charge in [-0.25, -0.2) is 0 Å². The fourth-order valence-electron chi connectivity index (χ4n) is 0.624. The van der Waals surface area contributed by atoms with Crippen LogP contribution in [0.15, 0.2) is 30.3 Å². The van der Waals surface area contributed by atoms with Gasteiger partial charge in [-0.3, -0.25) is 0 Å². The fourth-order valence-corrected chi connectivity index (χ4v) is 0.624. The molecule has 0 saturated heterocycles. The Morgan fingerprint density at radius 3 is 2.00 bits per heavy atom. The van der Waals surface area contributed by atoms with Crippen molar-refractivity contribution < 1.29 is 4.79 Å². The SMILES string of the molecule is [CH2-]C(=O)c1ccccc1.[Rf]. The number of benzene rings is 1. The van der Waals surface area contributed by atoms with E-state index in [2.05, 4.69) is 6.92 Å². The summed E-state index contributed by atoms with van der Waals surface area (Å²) in [4.78, 5) is 10.5. The minimum Gasteiger partial charge on any atom is -0.332 e. The molecule has 0 radical (unpaired) electrons. The van der Waals surface area contributed by atoms with Crippen LogP contribution in [0.3, 0.4) is 0 Å². The first-order valence-electron chi connectivity index (χ1n) is 2.72. The number of rotatable bonds is 1. The molecular formula is C8H7ORf-. The quantitative estimate of drug-likeness (QED) is 0.531. The normalized spacial score (nSPS) is 8.00. The topological polar surface area (TPSA) is 17.1 Å². The standard InChI is InChI=1S/C8H7O.Rf/c1-7(9)8-5-3-2-4-6-8;/h2-6H,1H2;/q-1;. The molecule has 10 heavy (non-hydrogen) atoms. The molecule has 0 aromatic heterocycles. The third-order valence-corrected chi connectivity index (χ3v) is 1.10. The van der Waals surface area contributed by atoms with Gasteiger partial charge in [-0.1, -0.05) is 18.2 Å². The summed E-state index contributed by atoms with van der Waals surface area (Å²) >= 11 is 0. The Hall–Kier alpha value is -2.24. The minimum absolute atomic E-state index is 0. The first-order chi connectivity index (χ1) is 4.30. The van der Waals surface area contributed by atoms with Crippen LogP contribution in [0.1, 0.15) is 10.4 Å². The number of hydrogen-bond donors (Lipinski definition) is 0. The van der Waals surface area contributed by atoms with E-state index in [-0.39, 0.29) is 5.78 Å². The van der Waals surface area contributed by atoms with Gasteiger partial charge in [-0.15, -0.1) is 17.7 Å². The van der Waals surface area contributed by atoms with Gasteiger partial charge in [0.15, 0.2) is 0 Å². The van der Waals surface area contributed by atoms with Crippen LogP contribution in [-0.4, -0.2) is 5.78 Å². The molecule has 1 rings (SSSR count). The molecule has 0 bridgehead atoms. The van der Waals surface area contributed by atoms with Gasteiger partial charge in [-0.2, -0.15) is 6.92 Å². The van der Waals surface area contributed by atoms with Crippen LogP contribution in [-0.2, 0) is 0 Å². The van der Waals surface area contributed by atoms with Gasteiger partial charge < -0.3 is 4.79 Å². The smallest absolute Gasteiger partial charge is 0.0215 e. The zero-order chi connectivity index (χ0) is 6.69. The van der Waals surface area contributed by atoms with Gasteiger partial charge in [-0.05, 0) is 0 Å². The van der Waals surface area contributed by atoms with Crippen molar-refractivity contribution in [3.05, 3.63) is 42.8 Å². The summed E-state index contributed by atoms with van der Waals surface area (Å²) in [6.45, 7) is 3.27.